The van der Waals surface area contributed by atoms with Gasteiger partial charge < -0.3 is 4.90 Å². The zero-order chi connectivity index (χ0) is 14.6. The molecule has 2 nitrogen and oxygen atoms in total. The number of hydrogen-bond acceptors (Lipinski definition) is 2. The zero-order valence-electron chi connectivity index (χ0n) is 10.8. The van der Waals surface area contributed by atoms with Crippen molar-refractivity contribution in [2.75, 3.05) is 11.4 Å². The molecule has 0 atom stereocenters. The predicted octanol–water partition coefficient (Wildman–Crippen LogP) is 3.98. The third kappa shape index (κ3) is 3.50. The van der Waals surface area contributed by atoms with Crippen molar-refractivity contribution in [3.63, 3.8) is 0 Å². The van der Waals surface area contributed by atoms with E-state index in [1.165, 1.54) is 12.1 Å². The van der Waals surface area contributed by atoms with Gasteiger partial charge in [0.2, 0.25) is 0 Å². The molecule has 5 heteroatoms. The third-order valence-electron chi connectivity index (χ3n) is 2.71. The summed E-state index contributed by atoms with van der Waals surface area (Å²) < 4.78 is 38.6. The fraction of sp³-hybridized carbons (Fsp3) is 0.357. The SMILES string of the molecule is C=CCN(c1ccc(C#N)c(C(F)(F)F)c1)C(C)C. The number of alkyl halides is 3. The van der Waals surface area contributed by atoms with Crippen LogP contribution >= 0.6 is 0 Å². The zero-order valence-corrected chi connectivity index (χ0v) is 10.8. The molecule has 1 rings (SSSR count). The van der Waals surface area contributed by atoms with Crippen LogP contribution in [0.2, 0.25) is 0 Å². The lowest BCUT2D eigenvalue weighted by atomic mass is 10.1. The Morgan fingerprint density at radius 2 is 2.05 bits per heavy atom. The van der Waals surface area contributed by atoms with Gasteiger partial charge in [-0.2, -0.15) is 18.4 Å². The molecule has 0 fully saturated rings. The van der Waals surface area contributed by atoms with Crippen LogP contribution in [0, 0.1) is 11.3 Å². The molecule has 19 heavy (non-hydrogen) atoms. The summed E-state index contributed by atoms with van der Waals surface area (Å²) in [6.45, 7) is 7.81. The molecule has 1 aromatic carbocycles. The van der Waals surface area contributed by atoms with Crippen LogP contribution in [0.1, 0.15) is 25.0 Å². The van der Waals surface area contributed by atoms with Crippen LogP contribution < -0.4 is 4.90 Å². The standard InChI is InChI=1S/C14H15F3N2/c1-4-7-19(10(2)3)12-6-5-11(9-18)13(8-12)14(15,16)17/h4-6,8,10H,1,7H2,2-3H3. The molecular weight excluding hydrogens is 253 g/mol. The quantitative estimate of drug-likeness (QED) is 0.772. The van der Waals surface area contributed by atoms with Crippen LogP contribution in [0.3, 0.4) is 0 Å². The Labute approximate surface area is 110 Å². The summed E-state index contributed by atoms with van der Waals surface area (Å²) in [6, 6.07) is 5.35. The smallest absolute Gasteiger partial charge is 0.365 e. The number of hydrogen-bond donors (Lipinski definition) is 0. The molecule has 0 saturated heterocycles. The van der Waals surface area contributed by atoms with Gasteiger partial charge in [-0.25, -0.2) is 0 Å². The second-order valence-corrected chi connectivity index (χ2v) is 4.37. The van der Waals surface area contributed by atoms with Crippen LogP contribution in [-0.4, -0.2) is 12.6 Å². The van der Waals surface area contributed by atoms with Crippen molar-refractivity contribution in [3.8, 4) is 6.07 Å². The molecule has 0 saturated carbocycles. The number of rotatable bonds is 4. The molecule has 0 bridgehead atoms. The Morgan fingerprint density at radius 1 is 1.42 bits per heavy atom. The van der Waals surface area contributed by atoms with Gasteiger partial charge in [-0.05, 0) is 32.0 Å². The van der Waals surface area contributed by atoms with Crippen LogP contribution in [0.4, 0.5) is 18.9 Å². The van der Waals surface area contributed by atoms with Gasteiger partial charge in [0, 0.05) is 18.3 Å². The average Bonchev–Trinajstić information content (AvgIpc) is 2.33. The van der Waals surface area contributed by atoms with E-state index in [1.54, 1.807) is 17.0 Å². The first-order chi connectivity index (χ1) is 8.81. The Kier molecular flexibility index (Phi) is 4.60. The lowest BCUT2D eigenvalue weighted by Gasteiger charge is -2.28. The molecule has 0 aliphatic carbocycles. The van der Waals surface area contributed by atoms with E-state index in [-0.39, 0.29) is 11.6 Å². The second kappa shape index (κ2) is 5.79. The van der Waals surface area contributed by atoms with Crippen LogP contribution in [0.15, 0.2) is 30.9 Å². The molecular formula is C14H15F3N2. The van der Waals surface area contributed by atoms with E-state index >= 15 is 0 Å². The molecule has 0 aliphatic heterocycles. The van der Waals surface area contributed by atoms with Gasteiger partial charge in [-0.1, -0.05) is 6.08 Å². The maximum absolute atomic E-state index is 12.9. The number of anilines is 1. The van der Waals surface area contributed by atoms with Crippen molar-refractivity contribution in [1.82, 2.24) is 0 Å². The molecule has 0 aromatic heterocycles. The summed E-state index contributed by atoms with van der Waals surface area (Å²) in [6.07, 6.45) is -2.90. The van der Waals surface area contributed by atoms with Gasteiger partial charge in [-0.3, -0.25) is 0 Å². The lowest BCUT2D eigenvalue weighted by molar-refractivity contribution is -0.137. The Bertz CT molecular complexity index is 498. The Hall–Kier alpha value is -1.96. The largest absolute Gasteiger partial charge is 0.417 e. The van der Waals surface area contributed by atoms with Gasteiger partial charge in [0.1, 0.15) is 0 Å². The maximum atomic E-state index is 12.9. The maximum Gasteiger partial charge on any atom is 0.417 e. The van der Waals surface area contributed by atoms with Crippen molar-refractivity contribution in [1.29, 1.82) is 5.26 Å². The fourth-order valence-electron chi connectivity index (χ4n) is 1.80. The van der Waals surface area contributed by atoms with E-state index in [4.69, 9.17) is 5.26 Å². The normalized spacial score (nSPS) is 11.2. The first-order valence-corrected chi connectivity index (χ1v) is 5.80. The molecule has 0 spiro atoms. The van der Waals surface area contributed by atoms with Crippen LogP contribution in [0.25, 0.3) is 0 Å². The lowest BCUT2D eigenvalue weighted by Crippen LogP contribution is -2.31. The van der Waals surface area contributed by atoms with Crippen molar-refractivity contribution in [2.24, 2.45) is 0 Å². The van der Waals surface area contributed by atoms with Crippen molar-refractivity contribution in [3.05, 3.63) is 42.0 Å². The summed E-state index contributed by atoms with van der Waals surface area (Å²) >= 11 is 0. The average molecular weight is 268 g/mol. The monoisotopic (exact) mass is 268 g/mol. The number of nitriles is 1. The van der Waals surface area contributed by atoms with Crippen molar-refractivity contribution in [2.45, 2.75) is 26.1 Å². The minimum absolute atomic E-state index is 0.0343. The predicted molar refractivity (Wildman–Crippen MR) is 68.8 cm³/mol. The minimum atomic E-state index is -4.53. The van der Waals surface area contributed by atoms with E-state index in [9.17, 15) is 13.2 Å². The highest BCUT2D eigenvalue weighted by Gasteiger charge is 2.34. The van der Waals surface area contributed by atoms with Gasteiger partial charge in [0.05, 0.1) is 17.2 Å². The van der Waals surface area contributed by atoms with Crippen molar-refractivity contribution < 1.29 is 13.2 Å². The molecule has 1 aromatic rings. The highest BCUT2D eigenvalue weighted by atomic mass is 19.4. The van der Waals surface area contributed by atoms with Gasteiger partial charge in [-0.15, -0.1) is 6.58 Å². The topological polar surface area (TPSA) is 27.0 Å². The molecule has 0 unspecified atom stereocenters. The molecule has 102 valence electrons. The summed E-state index contributed by atoms with van der Waals surface area (Å²) in [5, 5.41) is 8.74. The first kappa shape index (κ1) is 15.1. The van der Waals surface area contributed by atoms with Gasteiger partial charge in [0.15, 0.2) is 0 Å². The van der Waals surface area contributed by atoms with E-state index in [2.05, 4.69) is 6.58 Å². The van der Waals surface area contributed by atoms with E-state index in [1.807, 2.05) is 13.8 Å². The van der Waals surface area contributed by atoms with Crippen molar-refractivity contribution >= 4 is 5.69 Å². The number of halogens is 3. The van der Waals surface area contributed by atoms with Crippen LogP contribution in [-0.2, 0) is 6.18 Å². The summed E-state index contributed by atoms with van der Waals surface area (Å²) in [4.78, 5) is 1.78. The molecule has 0 heterocycles. The summed E-state index contributed by atoms with van der Waals surface area (Å²) in [5.74, 6) is 0. The molecule has 0 aliphatic rings. The summed E-state index contributed by atoms with van der Waals surface area (Å²) in [5.41, 5.74) is -0.831. The highest BCUT2D eigenvalue weighted by molar-refractivity contribution is 5.55. The number of benzene rings is 1. The highest BCUT2D eigenvalue weighted by Crippen LogP contribution is 2.34. The van der Waals surface area contributed by atoms with Gasteiger partial charge in [0.25, 0.3) is 0 Å². The third-order valence-corrected chi connectivity index (χ3v) is 2.71. The molecule has 0 N–H and O–H groups in total. The Morgan fingerprint density at radius 3 is 2.47 bits per heavy atom. The Balaban J connectivity index is 3.32. The number of nitrogens with zero attached hydrogens (tertiary/aromatic N) is 2. The second-order valence-electron chi connectivity index (χ2n) is 4.37. The van der Waals surface area contributed by atoms with Gasteiger partial charge >= 0.3 is 6.18 Å². The van der Waals surface area contributed by atoms with E-state index < -0.39 is 11.7 Å². The molecule has 0 amide bonds. The van der Waals surface area contributed by atoms with E-state index in [0.717, 1.165) is 6.07 Å². The summed E-state index contributed by atoms with van der Waals surface area (Å²) in [7, 11) is 0. The fourth-order valence-corrected chi connectivity index (χ4v) is 1.80. The molecule has 0 radical (unpaired) electrons. The first-order valence-electron chi connectivity index (χ1n) is 5.80. The van der Waals surface area contributed by atoms with Crippen LogP contribution in [0.5, 0.6) is 0 Å². The van der Waals surface area contributed by atoms with E-state index in [0.29, 0.717) is 12.2 Å². The minimum Gasteiger partial charge on any atom is -0.365 e.